The van der Waals surface area contributed by atoms with E-state index in [-0.39, 0.29) is 5.41 Å². The second-order valence-electron chi connectivity index (χ2n) is 9.03. The van der Waals surface area contributed by atoms with Gasteiger partial charge in [-0.05, 0) is 59.8 Å². The van der Waals surface area contributed by atoms with Crippen molar-refractivity contribution in [2.24, 2.45) is 17.3 Å². The Labute approximate surface area is 170 Å². The maximum Gasteiger partial charge on any atom is 0.335 e. The van der Waals surface area contributed by atoms with Crippen LogP contribution in [0.25, 0.3) is 6.08 Å². The molecule has 2 atom stereocenters. The summed E-state index contributed by atoms with van der Waals surface area (Å²) in [6, 6.07) is 7.19. The van der Waals surface area contributed by atoms with Gasteiger partial charge in [0.1, 0.15) is 0 Å². The zero-order valence-corrected chi connectivity index (χ0v) is 17.6. The second-order valence-corrected chi connectivity index (χ2v) is 9.03. The topological polar surface area (TPSA) is 37.3 Å². The fourth-order valence-corrected chi connectivity index (χ4v) is 4.78. The molecule has 2 aliphatic rings. The highest BCUT2D eigenvalue weighted by Gasteiger charge is 2.39. The lowest BCUT2D eigenvalue weighted by Crippen LogP contribution is -2.16. The van der Waals surface area contributed by atoms with Crippen molar-refractivity contribution in [3.63, 3.8) is 0 Å². The van der Waals surface area contributed by atoms with Crippen LogP contribution in [0.3, 0.4) is 0 Å². The number of hydrogen-bond donors (Lipinski definition) is 1. The number of carboxylic acid groups (broad SMARTS) is 1. The molecule has 2 unspecified atom stereocenters. The minimum absolute atomic E-state index is 0.275. The zero-order chi connectivity index (χ0) is 20.1. The molecule has 2 heteroatoms. The van der Waals surface area contributed by atoms with Crippen LogP contribution in [0.15, 0.2) is 53.6 Å². The molecule has 150 valence electrons. The van der Waals surface area contributed by atoms with Gasteiger partial charge in [0, 0.05) is 0 Å². The Morgan fingerprint density at radius 1 is 1.18 bits per heavy atom. The maximum atomic E-state index is 11.0. The Bertz CT molecular complexity index is 777. The van der Waals surface area contributed by atoms with Crippen molar-refractivity contribution in [3.8, 4) is 0 Å². The number of allylic oxidation sites excluding steroid dienone is 5. The molecular formula is C26H34O2. The lowest BCUT2D eigenvalue weighted by molar-refractivity contribution is 0.0697. The van der Waals surface area contributed by atoms with Crippen molar-refractivity contribution in [2.45, 2.75) is 65.7 Å². The quantitative estimate of drug-likeness (QED) is 0.482. The molecule has 1 N–H and O–H groups in total. The van der Waals surface area contributed by atoms with Crippen molar-refractivity contribution in [3.05, 3.63) is 64.8 Å². The van der Waals surface area contributed by atoms with Crippen molar-refractivity contribution in [1.29, 1.82) is 0 Å². The first-order chi connectivity index (χ1) is 13.4. The molecule has 0 heterocycles. The van der Waals surface area contributed by atoms with E-state index < -0.39 is 5.97 Å². The highest BCUT2D eigenvalue weighted by Crippen LogP contribution is 2.51. The summed E-state index contributed by atoms with van der Waals surface area (Å²) in [5.41, 5.74) is 4.96. The standard InChI is InChI=1S/C26H34O2/c1-4-5-6-7-9-22-21(18-24-23(22)10-8-17-26(24,2)3)16-13-19-11-14-20(15-12-19)25(27)28/h8,10-16,21-22H,4-7,9,17-18H2,1-3H3,(H,27,28). The molecular weight excluding hydrogens is 344 g/mol. The van der Waals surface area contributed by atoms with Crippen molar-refractivity contribution in [2.75, 3.05) is 0 Å². The van der Waals surface area contributed by atoms with Gasteiger partial charge in [-0.15, -0.1) is 0 Å². The van der Waals surface area contributed by atoms with Gasteiger partial charge in [-0.25, -0.2) is 4.79 Å². The van der Waals surface area contributed by atoms with E-state index in [2.05, 4.69) is 45.1 Å². The Kier molecular flexibility index (Phi) is 6.59. The van der Waals surface area contributed by atoms with Crippen molar-refractivity contribution in [1.82, 2.24) is 0 Å². The molecule has 1 aromatic carbocycles. The third-order valence-electron chi connectivity index (χ3n) is 6.51. The summed E-state index contributed by atoms with van der Waals surface area (Å²) in [5.74, 6) is 0.300. The SMILES string of the molecule is CCCCCCC1C2=C(CC1C=Cc1ccc(C(=O)O)cc1)C(C)(C)CC=C2. The fourth-order valence-electron chi connectivity index (χ4n) is 4.78. The Balaban J connectivity index is 1.76. The number of aromatic carboxylic acids is 1. The predicted octanol–water partition coefficient (Wildman–Crippen LogP) is 7.29. The number of unbranched alkanes of at least 4 members (excludes halogenated alkanes) is 3. The van der Waals surface area contributed by atoms with Crippen LogP contribution >= 0.6 is 0 Å². The Morgan fingerprint density at radius 2 is 1.93 bits per heavy atom. The van der Waals surface area contributed by atoms with Crippen LogP contribution in [0.2, 0.25) is 0 Å². The largest absolute Gasteiger partial charge is 0.478 e. The van der Waals surface area contributed by atoms with Gasteiger partial charge in [-0.1, -0.05) is 88.5 Å². The van der Waals surface area contributed by atoms with E-state index >= 15 is 0 Å². The maximum absolute atomic E-state index is 11.0. The van der Waals surface area contributed by atoms with Gasteiger partial charge >= 0.3 is 5.97 Å². The lowest BCUT2D eigenvalue weighted by atomic mass is 9.75. The minimum atomic E-state index is -0.871. The van der Waals surface area contributed by atoms with Crippen LogP contribution in [-0.2, 0) is 0 Å². The normalized spacial score (nSPS) is 23.4. The first-order valence-corrected chi connectivity index (χ1v) is 10.8. The van der Waals surface area contributed by atoms with Gasteiger partial charge in [0.25, 0.3) is 0 Å². The van der Waals surface area contributed by atoms with E-state index in [0.717, 1.165) is 18.4 Å². The predicted molar refractivity (Wildman–Crippen MR) is 117 cm³/mol. The van der Waals surface area contributed by atoms with Gasteiger partial charge in [-0.3, -0.25) is 0 Å². The summed E-state index contributed by atoms with van der Waals surface area (Å²) in [7, 11) is 0. The molecule has 0 bridgehead atoms. The third-order valence-corrected chi connectivity index (χ3v) is 6.51. The van der Waals surface area contributed by atoms with E-state index in [1.807, 2.05) is 12.1 Å². The van der Waals surface area contributed by atoms with Crippen LogP contribution in [0.5, 0.6) is 0 Å². The monoisotopic (exact) mass is 378 g/mol. The molecule has 0 aromatic heterocycles. The van der Waals surface area contributed by atoms with Crippen LogP contribution in [0.1, 0.15) is 81.6 Å². The van der Waals surface area contributed by atoms with E-state index in [0.29, 0.717) is 17.4 Å². The summed E-state index contributed by atoms with van der Waals surface area (Å²) < 4.78 is 0. The third kappa shape index (κ3) is 4.66. The molecule has 3 rings (SSSR count). The van der Waals surface area contributed by atoms with Gasteiger partial charge in [0.15, 0.2) is 0 Å². The molecule has 0 fully saturated rings. The lowest BCUT2D eigenvalue weighted by Gasteiger charge is -2.29. The number of hydrogen-bond acceptors (Lipinski definition) is 1. The van der Waals surface area contributed by atoms with Gasteiger partial charge in [-0.2, -0.15) is 0 Å². The minimum Gasteiger partial charge on any atom is -0.478 e. The fraction of sp³-hybridized carbons (Fsp3) is 0.500. The number of carboxylic acids is 1. The van der Waals surface area contributed by atoms with Crippen molar-refractivity contribution < 1.29 is 9.90 Å². The smallest absolute Gasteiger partial charge is 0.335 e. The highest BCUT2D eigenvalue weighted by atomic mass is 16.4. The molecule has 2 nitrogen and oxygen atoms in total. The molecule has 0 saturated heterocycles. The van der Waals surface area contributed by atoms with E-state index in [1.54, 1.807) is 23.3 Å². The van der Waals surface area contributed by atoms with Crippen LogP contribution in [0, 0.1) is 17.3 Å². The first kappa shape index (κ1) is 20.6. The molecule has 28 heavy (non-hydrogen) atoms. The average Bonchev–Trinajstić information content (AvgIpc) is 3.03. The Hall–Kier alpha value is -2.09. The molecule has 0 amide bonds. The summed E-state index contributed by atoms with van der Waals surface area (Å²) in [6.07, 6.45) is 18.2. The molecule has 0 aliphatic heterocycles. The van der Waals surface area contributed by atoms with Gasteiger partial charge < -0.3 is 5.11 Å². The molecule has 2 aliphatic carbocycles. The second kappa shape index (κ2) is 8.94. The number of rotatable bonds is 8. The molecule has 1 aromatic rings. The number of carbonyl (C=O) groups is 1. The van der Waals surface area contributed by atoms with Gasteiger partial charge in [0.2, 0.25) is 0 Å². The van der Waals surface area contributed by atoms with E-state index in [9.17, 15) is 4.79 Å². The number of benzene rings is 1. The first-order valence-electron chi connectivity index (χ1n) is 10.8. The summed E-state index contributed by atoms with van der Waals surface area (Å²) in [5, 5.41) is 9.07. The van der Waals surface area contributed by atoms with Crippen LogP contribution in [-0.4, -0.2) is 11.1 Å². The molecule has 0 saturated carbocycles. The van der Waals surface area contributed by atoms with E-state index in [4.69, 9.17) is 5.11 Å². The molecule has 0 radical (unpaired) electrons. The highest BCUT2D eigenvalue weighted by molar-refractivity contribution is 5.87. The summed E-state index contributed by atoms with van der Waals surface area (Å²) >= 11 is 0. The Morgan fingerprint density at radius 3 is 2.61 bits per heavy atom. The average molecular weight is 379 g/mol. The van der Waals surface area contributed by atoms with Crippen molar-refractivity contribution >= 4 is 12.0 Å². The van der Waals surface area contributed by atoms with E-state index in [1.165, 1.54) is 32.1 Å². The zero-order valence-electron chi connectivity index (χ0n) is 17.6. The summed E-state index contributed by atoms with van der Waals surface area (Å²) in [4.78, 5) is 11.0. The van der Waals surface area contributed by atoms with Crippen LogP contribution in [0.4, 0.5) is 0 Å². The van der Waals surface area contributed by atoms with Gasteiger partial charge in [0.05, 0.1) is 5.56 Å². The van der Waals surface area contributed by atoms with Crippen LogP contribution < -0.4 is 0 Å². The molecule has 0 spiro atoms. The summed E-state index contributed by atoms with van der Waals surface area (Å²) in [6.45, 7) is 7.04.